The van der Waals surface area contributed by atoms with E-state index in [0.29, 0.717) is 29.8 Å². The van der Waals surface area contributed by atoms with Crippen LogP contribution >= 0.6 is 0 Å². The summed E-state index contributed by atoms with van der Waals surface area (Å²) in [7, 11) is 0. The first-order chi connectivity index (χ1) is 14.9. The van der Waals surface area contributed by atoms with Gasteiger partial charge < -0.3 is 19.4 Å². The molecule has 2 N–H and O–H groups in total. The zero-order valence-corrected chi connectivity index (χ0v) is 18.4. The number of aromatic nitrogens is 3. The fourth-order valence-corrected chi connectivity index (χ4v) is 3.22. The Morgan fingerprint density at radius 3 is 2.39 bits per heavy atom. The van der Waals surface area contributed by atoms with Crippen molar-refractivity contribution in [2.24, 2.45) is 0 Å². The van der Waals surface area contributed by atoms with E-state index in [2.05, 4.69) is 9.97 Å². The van der Waals surface area contributed by atoms with Crippen LogP contribution in [0.25, 0.3) is 27.8 Å². The molecule has 0 amide bonds. The van der Waals surface area contributed by atoms with E-state index in [-0.39, 0.29) is 5.56 Å². The van der Waals surface area contributed by atoms with Crippen molar-refractivity contribution in [1.29, 1.82) is 0 Å². The van der Waals surface area contributed by atoms with Crippen molar-refractivity contribution in [3.63, 3.8) is 0 Å². The van der Waals surface area contributed by atoms with E-state index in [1.165, 1.54) is 6.33 Å². The molecule has 0 saturated carbocycles. The molecular weight excluding hydrogens is 390 g/mol. The minimum absolute atomic E-state index is 0.192. The number of ether oxygens (including phenoxy) is 1. The first-order valence-electron chi connectivity index (χ1n) is 10.5. The van der Waals surface area contributed by atoms with Gasteiger partial charge in [0.05, 0.1) is 18.5 Å². The van der Waals surface area contributed by atoms with Crippen LogP contribution in [-0.2, 0) is 0 Å². The van der Waals surface area contributed by atoms with E-state index >= 15 is 0 Å². The Labute approximate surface area is 182 Å². The molecule has 2 aromatic carbocycles. The predicted octanol–water partition coefficient (Wildman–Crippen LogP) is 4.95. The maximum absolute atomic E-state index is 12.6. The normalized spacial score (nSPS) is 11.1. The van der Waals surface area contributed by atoms with Gasteiger partial charge in [-0.1, -0.05) is 44.2 Å². The maximum Gasteiger partial charge on any atom is 0.275 e. The highest BCUT2D eigenvalue weighted by Gasteiger charge is 2.16. The van der Waals surface area contributed by atoms with Gasteiger partial charge in [-0.05, 0) is 43.7 Å². The summed E-state index contributed by atoms with van der Waals surface area (Å²) in [5.41, 5.74) is 2.95. The summed E-state index contributed by atoms with van der Waals surface area (Å²) < 4.78 is 7.56. The third-order valence-corrected chi connectivity index (χ3v) is 4.77. The largest absolute Gasteiger partial charge is 0.493 e. The van der Waals surface area contributed by atoms with Gasteiger partial charge in [0.2, 0.25) is 0 Å². The highest BCUT2D eigenvalue weighted by Crippen LogP contribution is 2.30. The fraction of sp³-hybridized carbons (Fsp3) is 0.280. The van der Waals surface area contributed by atoms with Crippen molar-refractivity contribution in [2.75, 3.05) is 6.61 Å². The van der Waals surface area contributed by atoms with Gasteiger partial charge in [0, 0.05) is 23.9 Å². The summed E-state index contributed by atoms with van der Waals surface area (Å²) in [5, 5.41) is 9.79. The molecule has 6 nitrogen and oxygen atoms in total. The van der Waals surface area contributed by atoms with Gasteiger partial charge in [-0.15, -0.1) is 0 Å². The molecule has 0 aliphatic heterocycles. The standard InChI is InChI=1S/C23H23N3O3.C2H6/c1-23(2,28)12-13-29-18-10-8-17(9-11-18)26-14-19(16-6-4-3-5-7-16)20-21(26)22(27)25-15-24-20;1-2/h3-11,14-15,28H,12-13H2,1-2H3,(H,24,25,27);1-2H3. The van der Waals surface area contributed by atoms with E-state index in [1.54, 1.807) is 13.8 Å². The topological polar surface area (TPSA) is 80.1 Å². The summed E-state index contributed by atoms with van der Waals surface area (Å²) in [6.45, 7) is 7.94. The summed E-state index contributed by atoms with van der Waals surface area (Å²) >= 11 is 0. The van der Waals surface area contributed by atoms with Gasteiger partial charge >= 0.3 is 0 Å². The number of hydrogen-bond donors (Lipinski definition) is 2. The molecule has 0 atom stereocenters. The van der Waals surface area contributed by atoms with E-state index < -0.39 is 5.60 Å². The van der Waals surface area contributed by atoms with Crippen molar-refractivity contribution in [1.82, 2.24) is 14.5 Å². The molecule has 31 heavy (non-hydrogen) atoms. The zero-order chi connectivity index (χ0) is 22.4. The number of aromatic amines is 1. The third-order valence-electron chi connectivity index (χ3n) is 4.77. The van der Waals surface area contributed by atoms with Crippen LogP contribution in [0.1, 0.15) is 34.1 Å². The number of rotatable bonds is 6. The van der Waals surface area contributed by atoms with Crippen LogP contribution in [-0.4, -0.2) is 31.8 Å². The molecule has 6 heteroatoms. The molecule has 4 aromatic rings. The zero-order valence-electron chi connectivity index (χ0n) is 18.4. The van der Waals surface area contributed by atoms with Crippen LogP contribution in [0.5, 0.6) is 5.75 Å². The molecule has 0 saturated heterocycles. The summed E-state index contributed by atoms with van der Waals surface area (Å²) in [4.78, 5) is 19.6. The second-order valence-electron chi connectivity index (χ2n) is 7.61. The number of H-pyrrole nitrogens is 1. The second-order valence-corrected chi connectivity index (χ2v) is 7.61. The second kappa shape index (κ2) is 9.62. The quantitative estimate of drug-likeness (QED) is 0.464. The van der Waals surface area contributed by atoms with Crippen molar-refractivity contribution in [3.8, 4) is 22.6 Å². The van der Waals surface area contributed by atoms with Crippen molar-refractivity contribution >= 4 is 11.0 Å². The monoisotopic (exact) mass is 419 g/mol. The van der Waals surface area contributed by atoms with Crippen molar-refractivity contribution < 1.29 is 9.84 Å². The highest BCUT2D eigenvalue weighted by molar-refractivity contribution is 5.93. The molecule has 4 rings (SSSR count). The predicted molar refractivity (Wildman–Crippen MR) is 125 cm³/mol. The molecule has 0 spiro atoms. The van der Waals surface area contributed by atoms with Crippen LogP contribution in [0.15, 0.2) is 71.9 Å². The van der Waals surface area contributed by atoms with Crippen molar-refractivity contribution in [2.45, 2.75) is 39.7 Å². The number of nitrogens with one attached hydrogen (secondary N) is 1. The summed E-state index contributed by atoms with van der Waals surface area (Å²) in [5.74, 6) is 0.713. The molecule has 0 unspecified atom stereocenters. The average Bonchev–Trinajstić information content (AvgIpc) is 3.16. The van der Waals surface area contributed by atoms with E-state index in [0.717, 1.165) is 16.8 Å². The number of benzene rings is 2. The lowest BCUT2D eigenvalue weighted by Gasteiger charge is -2.17. The van der Waals surface area contributed by atoms with Crippen LogP contribution in [0.3, 0.4) is 0 Å². The molecular formula is C25H29N3O3. The highest BCUT2D eigenvalue weighted by atomic mass is 16.5. The number of aliphatic hydroxyl groups is 1. The molecule has 0 radical (unpaired) electrons. The first kappa shape index (κ1) is 22.3. The van der Waals surface area contributed by atoms with Crippen LogP contribution < -0.4 is 10.3 Å². The molecule has 0 aliphatic rings. The lowest BCUT2D eigenvalue weighted by atomic mass is 10.1. The Balaban J connectivity index is 0.00000132. The van der Waals surface area contributed by atoms with E-state index in [4.69, 9.17) is 4.74 Å². The Kier molecular flexibility index (Phi) is 6.92. The van der Waals surface area contributed by atoms with Gasteiger partial charge in [0.25, 0.3) is 5.56 Å². The van der Waals surface area contributed by atoms with Gasteiger partial charge in [0.1, 0.15) is 16.8 Å². The molecule has 162 valence electrons. The van der Waals surface area contributed by atoms with E-state index in [1.807, 2.05) is 79.2 Å². The lowest BCUT2D eigenvalue weighted by molar-refractivity contribution is 0.0553. The number of hydrogen-bond acceptors (Lipinski definition) is 4. The maximum atomic E-state index is 12.6. The fourth-order valence-electron chi connectivity index (χ4n) is 3.22. The molecule has 0 bridgehead atoms. The van der Waals surface area contributed by atoms with Gasteiger partial charge in [-0.25, -0.2) is 4.98 Å². The minimum atomic E-state index is -0.758. The Morgan fingerprint density at radius 1 is 1.06 bits per heavy atom. The number of nitrogens with zero attached hydrogens (tertiary/aromatic N) is 2. The smallest absolute Gasteiger partial charge is 0.275 e. The molecule has 0 fully saturated rings. The van der Waals surface area contributed by atoms with Crippen LogP contribution in [0, 0.1) is 0 Å². The van der Waals surface area contributed by atoms with Crippen LogP contribution in [0.4, 0.5) is 0 Å². The summed E-state index contributed by atoms with van der Waals surface area (Å²) in [6.07, 6.45) is 3.91. The third kappa shape index (κ3) is 5.22. The van der Waals surface area contributed by atoms with Gasteiger partial charge in [-0.3, -0.25) is 4.79 Å². The Morgan fingerprint density at radius 2 is 1.74 bits per heavy atom. The minimum Gasteiger partial charge on any atom is -0.493 e. The molecule has 2 aromatic heterocycles. The van der Waals surface area contributed by atoms with Crippen LogP contribution in [0.2, 0.25) is 0 Å². The average molecular weight is 420 g/mol. The molecule has 2 heterocycles. The Hall–Kier alpha value is -3.38. The SMILES string of the molecule is CC.CC(C)(O)CCOc1ccc(-n2cc(-c3ccccc3)c3nc[nH]c(=O)c32)cc1. The number of fused-ring (bicyclic) bond motifs is 1. The Bertz CT molecular complexity index is 1170. The van der Waals surface area contributed by atoms with Gasteiger partial charge in [0.15, 0.2) is 0 Å². The van der Waals surface area contributed by atoms with Gasteiger partial charge in [-0.2, -0.15) is 0 Å². The lowest BCUT2D eigenvalue weighted by Crippen LogP contribution is -2.21. The van der Waals surface area contributed by atoms with Crippen molar-refractivity contribution in [3.05, 3.63) is 77.5 Å². The molecule has 0 aliphatic carbocycles. The van der Waals surface area contributed by atoms with E-state index in [9.17, 15) is 9.90 Å². The summed E-state index contributed by atoms with van der Waals surface area (Å²) in [6, 6.07) is 17.4. The first-order valence-corrected chi connectivity index (χ1v) is 10.5.